The predicted octanol–water partition coefficient (Wildman–Crippen LogP) is 2.85. The maximum absolute atomic E-state index is 13.1. The van der Waals surface area contributed by atoms with Gasteiger partial charge in [0.15, 0.2) is 0 Å². The SMILES string of the molecule is CCSCCCOc1ccc(F)cc1CCN. The Labute approximate surface area is 107 Å². The van der Waals surface area contributed by atoms with E-state index >= 15 is 0 Å². The van der Waals surface area contributed by atoms with E-state index in [0.29, 0.717) is 19.6 Å². The smallest absolute Gasteiger partial charge is 0.123 e. The van der Waals surface area contributed by atoms with E-state index < -0.39 is 0 Å². The van der Waals surface area contributed by atoms with Crippen molar-refractivity contribution in [3.63, 3.8) is 0 Å². The van der Waals surface area contributed by atoms with Gasteiger partial charge in [-0.2, -0.15) is 11.8 Å². The van der Waals surface area contributed by atoms with Gasteiger partial charge in [-0.3, -0.25) is 0 Å². The van der Waals surface area contributed by atoms with Gasteiger partial charge in [0.2, 0.25) is 0 Å². The summed E-state index contributed by atoms with van der Waals surface area (Å²) < 4.78 is 18.7. The minimum absolute atomic E-state index is 0.234. The largest absolute Gasteiger partial charge is 0.493 e. The van der Waals surface area contributed by atoms with E-state index in [9.17, 15) is 4.39 Å². The number of thioether (sulfide) groups is 1. The fraction of sp³-hybridized carbons (Fsp3) is 0.538. The Kier molecular flexibility index (Phi) is 7.05. The van der Waals surface area contributed by atoms with E-state index in [4.69, 9.17) is 10.5 Å². The Morgan fingerprint density at radius 3 is 2.94 bits per heavy atom. The van der Waals surface area contributed by atoms with Gasteiger partial charge in [-0.15, -0.1) is 0 Å². The summed E-state index contributed by atoms with van der Waals surface area (Å²) in [5, 5.41) is 0. The quantitative estimate of drug-likeness (QED) is 0.727. The van der Waals surface area contributed by atoms with E-state index in [2.05, 4.69) is 6.92 Å². The molecule has 0 aliphatic carbocycles. The van der Waals surface area contributed by atoms with Crippen LogP contribution in [0.1, 0.15) is 18.9 Å². The molecule has 0 aromatic heterocycles. The fourth-order valence-corrected chi connectivity index (χ4v) is 2.14. The molecule has 0 spiro atoms. The third-order valence-corrected chi connectivity index (χ3v) is 3.32. The second kappa shape index (κ2) is 8.37. The van der Waals surface area contributed by atoms with Crippen LogP contribution in [0.2, 0.25) is 0 Å². The van der Waals surface area contributed by atoms with Crippen LogP contribution in [0.25, 0.3) is 0 Å². The molecule has 17 heavy (non-hydrogen) atoms. The summed E-state index contributed by atoms with van der Waals surface area (Å²) in [5.74, 6) is 2.76. The molecular formula is C13H20FNOS. The topological polar surface area (TPSA) is 35.2 Å². The molecule has 1 rings (SSSR count). The van der Waals surface area contributed by atoms with Gasteiger partial charge in [0, 0.05) is 0 Å². The van der Waals surface area contributed by atoms with Crippen LogP contribution in [0.4, 0.5) is 4.39 Å². The van der Waals surface area contributed by atoms with Crippen LogP contribution < -0.4 is 10.5 Å². The van der Waals surface area contributed by atoms with Crippen molar-refractivity contribution in [2.45, 2.75) is 19.8 Å². The summed E-state index contributed by atoms with van der Waals surface area (Å²) in [6, 6.07) is 4.62. The number of hydrogen-bond acceptors (Lipinski definition) is 3. The van der Waals surface area contributed by atoms with Crippen molar-refractivity contribution in [1.82, 2.24) is 0 Å². The third-order valence-electron chi connectivity index (χ3n) is 2.33. The third kappa shape index (κ3) is 5.41. The van der Waals surface area contributed by atoms with Crippen LogP contribution in [-0.4, -0.2) is 24.7 Å². The lowest BCUT2D eigenvalue weighted by Gasteiger charge is -2.11. The molecule has 0 amide bonds. The van der Waals surface area contributed by atoms with Crippen molar-refractivity contribution in [2.75, 3.05) is 24.7 Å². The summed E-state index contributed by atoms with van der Waals surface area (Å²) in [7, 11) is 0. The van der Waals surface area contributed by atoms with Crippen LogP contribution in [-0.2, 0) is 6.42 Å². The number of benzene rings is 1. The van der Waals surface area contributed by atoms with Crippen molar-refractivity contribution >= 4 is 11.8 Å². The monoisotopic (exact) mass is 257 g/mol. The zero-order chi connectivity index (χ0) is 12.5. The lowest BCUT2D eigenvalue weighted by molar-refractivity contribution is 0.315. The molecule has 96 valence electrons. The molecule has 2 nitrogen and oxygen atoms in total. The highest BCUT2D eigenvalue weighted by molar-refractivity contribution is 7.99. The number of ether oxygens (including phenoxy) is 1. The molecular weight excluding hydrogens is 237 g/mol. The van der Waals surface area contributed by atoms with E-state index in [1.165, 1.54) is 12.1 Å². The summed E-state index contributed by atoms with van der Waals surface area (Å²) >= 11 is 1.90. The molecule has 2 N–H and O–H groups in total. The van der Waals surface area contributed by atoms with Crippen LogP contribution in [0.15, 0.2) is 18.2 Å². The Hall–Kier alpha value is -0.740. The average molecular weight is 257 g/mol. The Morgan fingerprint density at radius 1 is 1.41 bits per heavy atom. The van der Waals surface area contributed by atoms with E-state index in [1.54, 1.807) is 6.07 Å². The maximum Gasteiger partial charge on any atom is 0.123 e. The molecule has 0 atom stereocenters. The van der Waals surface area contributed by atoms with Gasteiger partial charge in [0.25, 0.3) is 0 Å². The molecule has 0 bridgehead atoms. The van der Waals surface area contributed by atoms with Gasteiger partial charge < -0.3 is 10.5 Å². The first-order chi connectivity index (χ1) is 8.27. The van der Waals surface area contributed by atoms with Crippen molar-refractivity contribution in [3.05, 3.63) is 29.6 Å². The molecule has 0 aliphatic heterocycles. The molecule has 0 saturated carbocycles. The van der Waals surface area contributed by atoms with E-state index in [-0.39, 0.29) is 5.82 Å². The molecule has 1 aromatic carbocycles. The molecule has 0 fully saturated rings. The first-order valence-corrected chi connectivity index (χ1v) is 7.12. The fourth-order valence-electron chi connectivity index (χ4n) is 1.53. The van der Waals surface area contributed by atoms with E-state index in [1.807, 2.05) is 11.8 Å². The average Bonchev–Trinajstić information content (AvgIpc) is 2.32. The predicted molar refractivity (Wildman–Crippen MR) is 72.3 cm³/mol. The second-order valence-corrected chi connectivity index (χ2v) is 5.08. The van der Waals surface area contributed by atoms with Crippen molar-refractivity contribution in [1.29, 1.82) is 0 Å². The van der Waals surface area contributed by atoms with Gasteiger partial charge in [-0.1, -0.05) is 6.92 Å². The molecule has 4 heteroatoms. The van der Waals surface area contributed by atoms with Crippen LogP contribution in [0, 0.1) is 5.82 Å². The van der Waals surface area contributed by atoms with Crippen LogP contribution in [0.5, 0.6) is 5.75 Å². The van der Waals surface area contributed by atoms with E-state index in [0.717, 1.165) is 29.2 Å². The van der Waals surface area contributed by atoms with Crippen LogP contribution in [0.3, 0.4) is 0 Å². The molecule has 0 aliphatic rings. The summed E-state index contributed by atoms with van der Waals surface area (Å²) in [6.07, 6.45) is 1.66. The summed E-state index contributed by atoms with van der Waals surface area (Å²) in [4.78, 5) is 0. The second-order valence-electron chi connectivity index (χ2n) is 3.69. The molecule has 0 saturated heterocycles. The zero-order valence-electron chi connectivity index (χ0n) is 10.2. The van der Waals surface area contributed by atoms with Gasteiger partial charge in [0.1, 0.15) is 11.6 Å². The molecule has 1 aromatic rings. The van der Waals surface area contributed by atoms with Gasteiger partial charge in [0.05, 0.1) is 6.61 Å². The Morgan fingerprint density at radius 2 is 2.24 bits per heavy atom. The zero-order valence-corrected chi connectivity index (χ0v) is 11.1. The Balaban J connectivity index is 2.45. The van der Waals surface area contributed by atoms with Gasteiger partial charge in [-0.05, 0) is 54.7 Å². The van der Waals surface area contributed by atoms with Crippen LogP contribution >= 0.6 is 11.8 Å². The lowest BCUT2D eigenvalue weighted by atomic mass is 10.1. The summed E-state index contributed by atoms with van der Waals surface area (Å²) in [6.45, 7) is 3.33. The standard InChI is InChI=1S/C13H20FNOS/c1-2-17-9-3-8-16-13-5-4-12(14)10-11(13)6-7-15/h4-5,10H,2-3,6-9,15H2,1H3. The summed E-state index contributed by atoms with van der Waals surface area (Å²) in [5.41, 5.74) is 6.35. The minimum Gasteiger partial charge on any atom is -0.493 e. The maximum atomic E-state index is 13.1. The number of nitrogens with two attached hydrogens (primary N) is 1. The van der Waals surface area contributed by atoms with Gasteiger partial charge >= 0.3 is 0 Å². The molecule has 0 radical (unpaired) electrons. The first kappa shape index (κ1) is 14.3. The van der Waals surface area contributed by atoms with Crippen molar-refractivity contribution in [3.8, 4) is 5.75 Å². The highest BCUT2D eigenvalue weighted by Crippen LogP contribution is 2.20. The van der Waals surface area contributed by atoms with Crippen molar-refractivity contribution in [2.24, 2.45) is 5.73 Å². The number of hydrogen-bond donors (Lipinski definition) is 1. The highest BCUT2D eigenvalue weighted by atomic mass is 32.2. The lowest BCUT2D eigenvalue weighted by Crippen LogP contribution is -2.07. The molecule has 0 unspecified atom stereocenters. The van der Waals surface area contributed by atoms with Crippen molar-refractivity contribution < 1.29 is 9.13 Å². The minimum atomic E-state index is -0.234. The number of halogens is 1. The highest BCUT2D eigenvalue weighted by Gasteiger charge is 2.04. The number of rotatable bonds is 8. The normalized spacial score (nSPS) is 10.5. The Bertz CT molecular complexity index is 333. The first-order valence-electron chi connectivity index (χ1n) is 5.97. The van der Waals surface area contributed by atoms with Gasteiger partial charge in [-0.25, -0.2) is 4.39 Å². The molecule has 0 heterocycles.